The quantitative estimate of drug-likeness (QED) is 0.769. The minimum absolute atomic E-state index is 0.439. The first-order valence-corrected chi connectivity index (χ1v) is 9.00. The molecule has 1 amide bonds. The van der Waals surface area contributed by atoms with Crippen LogP contribution in [0.2, 0.25) is 0 Å². The van der Waals surface area contributed by atoms with Gasteiger partial charge < -0.3 is 10.1 Å². The Bertz CT molecular complexity index is 953. The van der Waals surface area contributed by atoms with Gasteiger partial charge in [0.2, 0.25) is 10.0 Å². The molecule has 3 N–H and O–H groups in total. The average molecular weight is 380 g/mol. The molecule has 0 saturated carbocycles. The predicted molar refractivity (Wildman–Crippen MR) is 92.6 cm³/mol. The lowest BCUT2D eigenvalue weighted by molar-refractivity contribution is -0.119. The Kier molecular flexibility index (Phi) is 5.73. The van der Waals surface area contributed by atoms with Crippen LogP contribution in [0.3, 0.4) is 0 Å². The van der Waals surface area contributed by atoms with Gasteiger partial charge in [-0.25, -0.2) is 22.7 Å². The maximum absolute atomic E-state index is 13.7. The first-order chi connectivity index (χ1) is 12.1. The summed E-state index contributed by atoms with van der Waals surface area (Å²) in [4.78, 5) is 23.5. The number of esters is 1. The number of hydrogen-bond donors (Lipinski definition) is 2. The van der Waals surface area contributed by atoms with Gasteiger partial charge >= 0.3 is 5.97 Å². The van der Waals surface area contributed by atoms with Gasteiger partial charge in [-0.05, 0) is 43.2 Å². The van der Waals surface area contributed by atoms with Gasteiger partial charge in [0.25, 0.3) is 5.91 Å². The Labute approximate surface area is 150 Å². The highest BCUT2D eigenvalue weighted by Crippen LogP contribution is 2.19. The SMILES string of the molecule is Cc1cccc(C)c1NC(=O)COC(=O)c1cc(S(N)(=O)=O)ccc1F. The van der Waals surface area contributed by atoms with Gasteiger partial charge in [0.15, 0.2) is 6.61 Å². The van der Waals surface area contributed by atoms with E-state index in [1.54, 1.807) is 0 Å². The monoisotopic (exact) mass is 380 g/mol. The molecule has 0 aliphatic carbocycles. The molecule has 0 unspecified atom stereocenters. The number of para-hydroxylation sites is 1. The molecular weight excluding hydrogens is 363 g/mol. The number of sulfonamides is 1. The van der Waals surface area contributed by atoms with E-state index in [1.807, 2.05) is 32.0 Å². The molecule has 0 saturated heterocycles. The van der Waals surface area contributed by atoms with Crippen LogP contribution in [0.25, 0.3) is 0 Å². The summed E-state index contributed by atoms with van der Waals surface area (Å²) in [6.07, 6.45) is 0. The molecule has 0 heterocycles. The number of primary sulfonamides is 1. The first-order valence-electron chi connectivity index (χ1n) is 7.45. The van der Waals surface area contributed by atoms with Gasteiger partial charge in [-0.15, -0.1) is 0 Å². The number of ether oxygens (including phenoxy) is 1. The number of benzene rings is 2. The van der Waals surface area contributed by atoms with Crippen LogP contribution in [-0.4, -0.2) is 26.9 Å². The number of amides is 1. The molecule has 0 atom stereocenters. The predicted octanol–water partition coefficient (Wildman–Crippen LogP) is 1.89. The summed E-state index contributed by atoms with van der Waals surface area (Å²) in [5, 5.41) is 7.56. The number of rotatable bonds is 5. The fraction of sp³-hybridized carbons (Fsp3) is 0.176. The Morgan fingerprint density at radius 2 is 1.77 bits per heavy atom. The van der Waals surface area contributed by atoms with Crippen molar-refractivity contribution in [2.75, 3.05) is 11.9 Å². The van der Waals surface area contributed by atoms with Crippen molar-refractivity contribution in [3.8, 4) is 0 Å². The van der Waals surface area contributed by atoms with Crippen LogP contribution in [0, 0.1) is 19.7 Å². The summed E-state index contributed by atoms with van der Waals surface area (Å²) in [6.45, 7) is 2.96. The van der Waals surface area contributed by atoms with Crippen molar-refractivity contribution in [1.82, 2.24) is 0 Å². The molecular formula is C17H17FN2O5S. The van der Waals surface area contributed by atoms with E-state index in [9.17, 15) is 22.4 Å². The number of aryl methyl sites for hydroxylation is 2. The third kappa shape index (κ3) is 4.64. The zero-order chi connectivity index (χ0) is 19.5. The van der Waals surface area contributed by atoms with Gasteiger partial charge in [-0.1, -0.05) is 18.2 Å². The number of carbonyl (C=O) groups is 2. The number of nitrogens with two attached hydrogens (primary N) is 1. The summed E-state index contributed by atoms with van der Waals surface area (Å²) in [5.41, 5.74) is 1.63. The largest absolute Gasteiger partial charge is 0.452 e. The number of anilines is 1. The molecule has 0 fully saturated rings. The molecule has 2 rings (SSSR count). The molecule has 26 heavy (non-hydrogen) atoms. The van der Waals surface area contributed by atoms with Gasteiger partial charge in [0.1, 0.15) is 5.82 Å². The third-order valence-electron chi connectivity index (χ3n) is 3.57. The summed E-state index contributed by atoms with van der Waals surface area (Å²) in [6, 6.07) is 7.92. The highest BCUT2D eigenvalue weighted by Gasteiger charge is 2.19. The summed E-state index contributed by atoms with van der Waals surface area (Å²) in [7, 11) is -4.11. The fourth-order valence-electron chi connectivity index (χ4n) is 2.23. The second-order valence-electron chi connectivity index (χ2n) is 5.58. The van der Waals surface area contributed by atoms with Crippen LogP contribution < -0.4 is 10.5 Å². The van der Waals surface area contributed by atoms with Crippen LogP contribution >= 0.6 is 0 Å². The molecule has 138 valence electrons. The molecule has 2 aromatic rings. The molecule has 2 aromatic carbocycles. The van der Waals surface area contributed by atoms with Crippen LogP contribution in [0.4, 0.5) is 10.1 Å². The molecule has 0 spiro atoms. The lowest BCUT2D eigenvalue weighted by Crippen LogP contribution is -2.22. The van der Waals surface area contributed by atoms with E-state index >= 15 is 0 Å². The Balaban J connectivity index is 2.08. The number of hydrogen-bond acceptors (Lipinski definition) is 5. The van der Waals surface area contributed by atoms with Crippen LogP contribution in [-0.2, 0) is 19.6 Å². The van der Waals surface area contributed by atoms with Gasteiger partial charge in [0.05, 0.1) is 10.5 Å². The van der Waals surface area contributed by atoms with Crippen molar-refractivity contribution >= 4 is 27.6 Å². The highest BCUT2D eigenvalue weighted by atomic mass is 32.2. The average Bonchev–Trinajstić information content (AvgIpc) is 2.55. The summed E-state index contributed by atoms with van der Waals surface area (Å²) >= 11 is 0. The van der Waals surface area contributed by atoms with E-state index in [4.69, 9.17) is 9.88 Å². The zero-order valence-electron chi connectivity index (χ0n) is 14.1. The van der Waals surface area contributed by atoms with Crippen LogP contribution in [0.1, 0.15) is 21.5 Å². The molecule has 0 radical (unpaired) electrons. The van der Waals surface area contributed by atoms with Gasteiger partial charge in [-0.2, -0.15) is 0 Å². The fourth-order valence-corrected chi connectivity index (χ4v) is 2.77. The standard InChI is InChI=1S/C17H17FN2O5S/c1-10-4-3-5-11(2)16(10)20-15(21)9-25-17(22)13-8-12(26(19,23)24)6-7-14(13)18/h3-8H,9H2,1-2H3,(H,20,21)(H2,19,23,24). The second kappa shape index (κ2) is 7.63. The highest BCUT2D eigenvalue weighted by molar-refractivity contribution is 7.89. The molecule has 0 aliphatic heterocycles. The lowest BCUT2D eigenvalue weighted by Gasteiger charge is -2.12. The summed E-state index contributed by atoms with van der Waals surface area (Å²) < 4.78 is 41.1. The number of nitrogens with one attached hydrogen (secondary N) is 1. The Morgan fingerprint density at radius 3 is 2.35 bits per heavy atom. The van der Waals surface area contributed by atoms with Crippen LogP contribution in [0.15, 0.2) is 41.3 Å². The Hall–Kier alpha value is -2.78. The maximum atomic E-state index is 13.7. The molecule has 0 aromatic heterocycles. The Morgan fingerprint density at radius 1 is 1.15 bits per heavy atom. The van der Waals surface area contributed by atoms with E-state index in [0.717, 1.165) is 29.3 Å². The van der Waals surface area contributed by atoms with Crippen molar-refractivity contribution in [2.24, 2.45) is 5.14 Å². The van der Waals surface area contributed by atoms with E-state index < -0.39 is 44.8 Å². The topological polar surface area (TPSA) is 116 Å². The number of halogens is 1. The van der Waals surface area contributed by atoms with Crippen LogP contribution in [0.5, 0.6) is 0 Å². The number of carbonyl (C=O) groups excluding carboxylic acids is 2. The van der Waals surface area contributed by atoms with Crippen molar-refractivity contribution in [3.63, 3.8) is 0 Å². The van der Waals surface area contributed by atoms with E-state index in [-0.39, 0.29) is 0 Å². The first kappa shape index (κ1) is 19.5. The third-order valence-corrected chi connectivity index (χ3v) is 4.48. The van der Waals surface area contributed by atoms with E-state index in [1.165, 1.54) is 0 Å². The summed E-state index contributed by atoms with van der Waals surface area (Å²) in [5.74, 6) is -2.78. The van der Waals surface area contributed by atoms with Crippen molar-refractivity contribution in [1.29, 1.82) is 0 Å². The van der Waals surface area contributed by atoms with Crippen molar-refractivity contribution in [3.05, 3.63) is 58.9 Å². The van der Waals surface area contributed by atoms with Gasteiger partial charge in [-0.3, -0.25) is 4.79 Å². The molecule has 0 aliphatic rings. The smallest absolute Gasteiger partial charge is 0.341 e. The van der Waals surface area contributed by atoms with Gasteiger partial charge in [0, 0.05) is 5.69 Å². The normalized spacial score (nSPS) is 11.1. The van der Waals surface area contributed by atoms with Crippen molar-refractivity contribution < 1.29 is 27.1 Å². The van der Waals surface area contributed by atoms with E-state index in [2.05, 4.69) is 5.32 Å². The van der Waals surface area contributed by atoms with Crippen molar-refractivity contribution in [2.45, 2.75) is 18.7 Å². The minimum atomic E-state index is -4.11. The molecule has 0 bridgehead atoms. The molecule has 9 heteroatoms. The molecule has 7 nitrogen and oxygen atoms in total. The van der Waals surface area contributed by atoms with E-state index in [0.29, 0.717) is 5.69 Å². The second-order valence-corrected chi connectivity index (χ2v) is 7.14. The minimum Gasteiger partial charge on any atom is -0.452 e. The zero-order valence-corrected chi connectivity index (χ0v) is 14.9. The lowest BCUT2D eigenvalue weighted by atomic mass is 10.1. The maximum Gasteiger partial charge on any atom is 0.341 e.